The number of rotatable bonds is 4. The minimum atomic E-state index is 0.522. The fourth-order valence-electron chi connectivity index (χ4n) is 2.13. The van der Waals surface area contributed by atoms with Crippen LogP contribution in [0.25, 0.3) is 11.3 Å². The maximum absolute atomic E-state index is 6.04. The van der Waals surface area contributed by atoms with Crippen molar-refractivity contribution in [3.8, 4) is 11.3 Å². The van der Waals surface area contributed by atoms with E-state index in [-0.39, 0.29) is 0 Å². The number of aryl methyl sites for hydroxylation is 1. The minimum Gasteiger partial charge on any atom is -0.382 e. The molecule has 0 bridgehead atoms. The average molecular weight is 258 g/mol. The van der Waals surface area contributed by atoms with Gasteiger partial charge in [0.1, 0.15) is 11.5 Å². The van der Waals surface area contributed by atoms with E-state index in [0.29, 0.717) is 11.7 Å². The zero-order valence-electron chi connectivity index (χ0n) is 11.9. The Morgan fingerprint density at radius 3 is 2.37 bits per heavy atom. The van der Waals surface area contributed by atoms with Gasteiger partial charge >= 0.3 is 0 Å². The van der Waals surface area contributed by atoms with Crippen molar-refractivity contribution in [2.45, 2.75) is 39.5 Å². The van der Waals surface area contributed by atoms with Crippen molar-refractivity contribution in [3.63, 3.8) is 0 Å². The maximum atomic E-state index is 6.04. The van der Waals surface area contributed by atoms with Gasteiger partial charge in [-0.3, -0.25) is 0 Å². The van der Waals surface area contributed by atoms with Crippen LogP contribution in [0.3, 0.4) is 0 Å². The Labute approximate surface area is 114 Å². The molecule has 4 N–H and O–H groups in total. The average Bonchev–Trinajstić information content (AvgIpc) is 2.68. The molecular weight excluding hydrogens is 236 g/mol. The van der Waals surface area contributed by atoms with Crippen LogP contribution in [0.5, 0.6) is 0 Å². The van der Waals surface area contributed by atoms with Crippen molar-refractivity contribution in [2.24, 2.45) is 0 Å². The summed E-state index contributed by atoms with van der Waals surface area (Å²) in [7, 11) is 0. The molecule has 19 heavy (non-hydrogen) atoms. The molecule has 0 saturated carbocycles. The molecular formula is C15H22N4. The van der Waals surface area contributed by atoms with Crippen molar-refractivity contribution >= 4 is 5.82 Å². The predicted molar refractivity (Wildman–Crippen MR) is 80.3 cm³/mol. The molecule has 1 aromatic heterocycles. The summed E-state index contributed by atoms with van der Waals surface area (Å²) in [4.78, 5) is 4.56. The summed E-state index contributed by atoms with van der Waals surface area (Å²) in [6, 6.07) is 8.36. The monoisotopic (exact) mass is 258 g/mol. The number of nitrogens with zero attached hydrogens (tertiary/aromatic N) is 2. The van der Waals surface area contributed by atoms with Gasteiger partial charge in [-0.1, -0.05) is 45.0 Å². The first kappa shape index (κ1) is 13.5. The molecule has 4 nitrogen and oxygen atoms in total. The van der Waals surface area contributed by atoms with Gasteiger partial charge in [0, 0.05) is 12.0 Å². The lowest BCUT2D eigenvalue weighted by Crippen LogP contribution is -2.15. The number of benzene rings is 1. The second-order valence-electron chi connectivity index (χ2n) is 5.16. The molecule has 0 unspecified atom stereocenters. The van der Waals surface area contributed by atoms with E-state index in [4.69, 9.17) is 11.6 Å². The van der Waals surface area contributed by atoms with Crippen molar-refractivity contribution in [1.29, 1.82) is 0 Å². The fourth-order valence-corrected chi connectivity index (χ4v) is 2.13. The van der Waals surface area contributed by atoms with Crippen LogP contribution in [-0.4, -0.2) is 9.66 Å². The first-order valence-electron chi connectivity index (χ1n) is 6.77. The quantitative estimate of drug-likeness (QED) is 0.828. The van der Waals surface area contributed by atoms with Crippen LogP contribution in [0, 0.1) is 0 Å². The topological polar surface area (TPSA) is 69.9 Å². The van der Waals surface area contributed by atoms with Gasteiger partial charge in [0.15, 0.2) is 5.82 Å². The van der Waals surface area contributed by atoms with E-state index in [1.807, 2.05) is 0 Å². The third kappa shape index (κ3) is 2.57. The van der Waals surface area contributed by atoms with Gasteiger partial charge in [0.05, 0.1) is 0 Å². The van der Waals surface area contributed by atoms with E-state index < -0.39 is 0 Å². The van der Waals surface area contributed by atoms with E-state index in [0.717, 1.165) is 29.9 Å². The highest BCUT2D eigenvalue weighted by Crippen LogP contribution is 2.27. The molecule has 2 rings (SSSR count). The van der Waals surface area contributed by atoms with Crippen LogP contribution in [-0.2, 0) is 6.42 Å². The van der Waals surface area contributed by atoms with Crippen molar-refractivity contribution in [3.05, 3.63) is 35.7 Å². The standard InChI is InChI=1S/C15H22N4/c1-4-5-13-18-14(15(16)19(13)17)12-8-6-11(7-9-12)10(2)3/h6-10H,4-5,16-17H2,1-3H3. The molecule has 0 atom stereocenters. The van der Waals surface area contributed by atoms with E-state index in [9.17, 15) is 0 Å². The van der Waals surface area contributed by atoms with Crippen molar-refractivity contribution < 1.29 is 0 Å². The predicted octanol–water partition coefficient (Wildman–Crippen LogP) is 2.92. The van der Waals surface area contributed by atoms with Gasteiger partial charge in [0.25, 0.3) is 0 Å². The SMILES string of the molecule is CCCc1nc(-c2ccc(C(C)C)cc2)c(N)n1N. The van der Waals surface area contributed by atoms with E-state index in [1.165, 1.54) is 10.2 Å². The molecule has 0 amide bonds. The van der Waals surface area contributed by atoms with Crippen LogP contribution >= 0.6 is 0 Å². The second kappa shape index (κ2) is 5.34. The van der Waals surface area contributed by atoms with Crippen LogP contribution in [0.2, 0.25) is 0 Å². The highest BCUT2D eigenvalue weighted by Gasteiger charge is 2.14. The summed E-state index contributed by atoms with van der Waals surface area (Å²) in [5, 5.41) is 0. The Balaban J connectivity index is 2.38. The largest absolute Gasteiger partial charge is 0.382 e. The zero-order chi connectivity index (χ0) is 14.0. The molecule has 4 heteroatoms. The van der Waals surface area contributed by atoms with Crippen molar-refractivity contribution in [2.75, 3.05) is 11.6 Å². The number of aromatic nitrogens is 2. The Morgan fingerprint density at radius 1 is 1.21 bits per heavy atom. The van der Waals surface area contributed by atoms with E-state index >= 15 is 0 Å². The molecule has 2 aromatic rings. The molecule has 0 aliphatic heterocycles. The van der Waals surface area contributed by atoms with Crippen molar-refractivity contribution in [1.82, 2.24) is 9.66 Å². The Bertz CT molecular complexity index is 552. The molecule has 1 heterocycles. The summed E-state index contributed by atoms with van der Waals surface area (Å²) in [6.07, 6.45) is 1.84. The lowest BCUT2D eigenvalue weighted by Gasteiger charge is -2.06. The van der Waals surface area contributed by atoms with Gasteiger partial charge in [-0.05, 0) is 17.9 Å². The smallest absolute Gasteiger partial charge is 0.150 e. The molecule has 1 aromatic carbocycles. The van der Waals surface area contributed by atoms with Gasteiger partial charge in [0.2, 0.25) is 0 Å². The number of imidazole rings is 1. The summed E-state index contributed by atoms with van der Waals surface area (Å²) >= 11 is 0. The van der Waals surface area contributed by atoms with Gasteiger partial charge < -0.3 is 11.6 Å². The van der Waals surface area contributed by atoms with Gasteiger partial charge in [-0.25, -0.2) is 9.66 Å². The van der Waals surface area contributed by atoms with Crippen LogP contribution in [0.1, 0.15) is 44.5 Å². The van der Waals surface area contributed by atoms with Gasteiger partial charge in [-0.15, -0.1) is 0 Å². The summed E-state index contributed by atoms with van der Waals surface area (Å²) in [6.45, 7) is 6.45. The number of nitrogen functional groups attached to an aromatic ring is 2. The third-order valence-corrected chi connectivity index (χ3v) is 3.35. The number of hydrogen-bond acceptors (Lipinski definition) is 3. The molecule has 0 aliphatic carbocycles. The number of anilines is 1. The molecule has 0 spiro atoms. The first-order chi connectivity index (χ1) is 9.04. The minimum absolute atomic E-state index is 0.522. The normalized spacial score (nSPS) is 11.2. The van der Waals surface area contributed by atoms with Crippen LogP contribution < -0.4 is 11.6 Å². The molecule has 0 aliphatic rings. The van der Waals surface area contributed by atoms with Crippen LogP contribution in [0.15, 0.2) is 24.3 Å². The number of hydrogen-bond donors (Lipinski definition) is 2. The summed E-state index contributed by atoms with van der Waals surface area (Å²) < 4.78 is 1.50. The second-order valence-corrected chi connectivity index (χ2v) is 5.16. The number of nitrogens with two attached hydrogens (primary N) is 2. The molecule has 0 radical (unpaired) electrons. The maximum Gasteiger partial charge on any atom is 0.150 e. The highest BCUT2D eigenvalue weighted by molar-refractivity contribution is 5.71. The van der Waals surface area contributed by atoms with Gasteiger partial charge in [-0.2, -0.15) is 0 Å². The first-order valence-corrected chi connectivity index (χ1v) is 6.77. The summed E-state index contributed by atoms with van der Waals surface area (Å²) in [5.74, 6) is 7.82. The lowest BCUT2D eigenvalue weighted by atomic mass is 10.0. The molecule has 0 saturated heterocycles. The van der Waals surface area contributed by atoms with Crippen LogP contribution in [0.4, 0.5) is 5.82 Å². The van der Waals surface area contributed by atoms with E-state index in [1.54, 1.807) is 0 Å². The zero-order valence-corrected chi connectivity index (χ0v) is 11.9. The highest BCUT2D eigenvalue weighted by atomic mass is 15.4. The Hall–Kier alpha value is -1.97. The molecule has 0 fully saturated rings. The lowest BCUT2D eigenvalue weighted by molar-refractivity contribution is 0.794. The Kier molecular flexibility index (Phi) is 3.79. The molecule has 102 valence electrons. The third-order valence-electron chi connectivity index (χ3n) is 3.35. The summed E-state index contributed by atoms with van der Waals surface area (Å²) in [5.41, 5.74) is 9.14. The fraction of sp³-hybridized carbons (Fsp3) is 0.400. The van der Waals surface area contributed by atoms with E-state index in [2.05, 4.69) is 50.0 Å². The Morgan fingerprint density at radius 2 is 1.84 bits per heavy atom.